The van der Waals surface area contributed by atoms with Crippen molar-refractivity contribution >= 4 is 11.8 Å². The SMILES string of the molecule is CCNC(Cc1ccc(F)cc1)C1CCSC1. The largest absolute Gasteiger partial charge is 0.314 e. The van der Waals surface area contributed by atoms with E-state index in [9.17, 15) is 4.39 Å². The van der Waals surface area contributed by atoms with Crippen LogP contribution in [-0.4, -0.2) is 24.1 Å². The molecular weight excluding hydrogens is 233 g/mol. The lowest BCUT2D eigenvalue weighted by molar-refractivity contribution is 0.387. The van der Waals surface area contributed by atoms with Gasteiger partial charge in [0.25, 0.3) is 0 Å². The van der Waals surface area contributed by atoms with Gasteiger partial charge in [-0.05, 0) is 54.5 Å². The van der Waals surface area contributed by atoms with E-state index in [4.69, 9.17) is 0 Å². The molecule has 2 rings (SSSR count). The zero-order chi connectivity index (χ0) is 12.1. The number of halogens is 1. The lowest BCUT2D eigenvalue weighted by atomic mass is 9.93. The zero-order valence-electron chi connectivity index (χ0n) is 10.3. The number of benzene rings is 1. The highest BCUT2D eigenvalue weighted by atomic mass is 32.2. The van der Waals surface area contributed by atoms with Crippen LogP contribution in [-0.2, 0) is 6.42 Å². The van der Waals surface area contributed by atoms with Gasteiger partial charge in [-0.2, -0.15) is 11.8 Å². The Morgan fingerprint density at radius 3 is 2.76 bits per heavy atom. The van der Waals surface area contributed by atoms with E-state index >= 15 is 0 Å². The molecule has 0 saturated carbocycles. The van der Waals surface area contributed by atoms with Crippen LogP contribution in [0.1, 0.15) is 18.9 Å². The fourth-order valence-corrected chi connectivity index (χ4v) is 3.75. The Bertz CT molecular complexity index is 333. The minimum absolute atomic E-state index is 0.148. The topological polar surface area (TPSA) is 12.0 Å². The van der Waals surface area contributed by atoms with Crippen LogP contribution in [0.3, 0.4) is 0 Å². The highest BCUT2D eigenvalue weighted by Gasteiger charge is 2.24. The van der Waals surface area contributed by atoms with Crippen LogP contribution in [0.2, 0.25) is 0 Å². The van der Waals surface area contributed by atoms with Crippen LogP contribution in [0.25, 0.3) is 0 Å². The summed E-state index contributed by atoms with van der Waals surface area (Å²) in [6.07, 6.45) is 2.32. The Balaban J connectivity index is 1.98. The molecule has 0 amide bonds. The minimum Gasteiger partial charge on any atom is -0.314 e. The number of likely N-dealkylation sites (N-methyl/N-ethyl adjacent to an activating group) is 1. The van der Waals surface area contributed by atoms with E-state index < -0.39 is 0 Å². The van der Waals surface area contributed by atoms with Crippen molar-refractivity contribution in [3.63, 3.8) is 0 Å². The summed E-state index contributed by atoms with van der Waals surface area (Å²) in [5.74, 6) is 3.17. The molecule has 1 fully saturated rings. The predicted molar refractivity (Wildman–Crippen MR) is 73.0 cm³/mol. The molecule has 1 heterocycles. The second-order valence-electron chi connectivity index (χ2n) is 4.62. The monoisotopic (exact) mass is 253 g/mol. The predicted octanol–water partition coefficient (Wildman–Crippen LogP) is 3.10. The fourth-order valence-electron chi connectivity index (χ4n) is 2.41. The average Bonchev–Trinajstić information content (AvgIpc) is 2.85. The van der Waals surface area contributed by atoms with Crippen molar-refractivity contribution in [2.45, 2.75) is 25.8 Å². The van der Waals surface area contributed by atoms with Gasteiger partial charge in [0.15, 0.2) is 0 Å². The number of thioether (sulfide) groups is 1. The molecule has 2 atom stereocenters. The van der Waals surface area contributed by atoms with Crippen molar-refractivity contribution in [2.75, 3.05) is 18.1 Å². The van der Waals surface area contributed by atoms with Crippen molar-refractivity contribution in [3.8, 4) is 0 Å². The van der Waals surface area contributed by atoms with Gasteiger partial charge in [-0.15, -0.1) is 0 Å². The second-order valence-corrected chi connectivity index (χ2v) is 5.77. The Kier molecular flexibility index (Phi) is 4.86. The van der Waals surface area contributed by atoms with Crippen LogP contribution >= 0.6 is 11.8 Å². The van der Waals surface area contributed by atoms with E-state index in [1.54, 1.807) is 12.1 Å². The normalized spacial score (nSPS) is 21.6. The molecule has 94 valence electrons. The molecule has 1 saturated heterocycles. The Labute approximate surface area is 107 Å². The minimum atomic E-state index is -0.148. The molecule has 1 aromatic carbocycles. The first-order valence-electron chi connectivity index (χ1n) is 6.35. The fraction of sp³-hybridized carbons (Fsp3) is 0.571. The summed E-state index contributed by atoms with van der Waals surface area (Å²) in [5, 5.41) is 3.58. The van der Waals surface area contributed by atoms with Crippen LogP contribution in [0.4, 0.5) is 4.39 Å². The maximum absolute atomic E-state index is 12.9. The lowest BCUT2D eigenvalue weighted by Gasteiger charge is -2.24. The molecule has 0 bridgehead atoms. The maximum Gasteiger partial charge on any atom is 0.123 e. The highest BCUT2D eigenvalue weighted by Crippen LogP contribution is 2.27. The quantitative estimate of drug-likeness (QED) is 0.865. The van der Waals surface area contributed by atoms with E-state index in [1.807, 2.05) is 23.9 Å². The van der Waals surface area contributed by atoms with Crippen LogP contribution in [0.15, 0.2) is 24.3 Å². The third kappa shape index (κ3) is 3.71. The highest BCUT2D eigenvalue weighted by molar-refractivity contribution is 7.99. The number of hydrogen-bond donors (Lipinski definition) is 1. The molecule has 1 aromatic rings. The summed E-state index contributed by atoms with van der Waals surface area (Å²) >= 11 is 2.05. The first kappa shape index (κ1) is 12.9. The molecule has 0 radical (unpaired) electrons. The zero-order valence-corrected chi connectivity index (χ0v) is 11.1. The molecule has 3 heteroatoms. The lowest BCUT2D eigenvalue weighted by Crippen LogP contribution is -2.38. The first-order valence-corrected chi connectivity index (χ1v) is 7.50. The number of hydrogen-bond acceptors (Lipinski definition) is 2. The summed E-state index contributed by atoms with van der Waals surface area (Å²) in [6, 6.07) is 7.47. The van der Waals surface area contributed by atoms with Gasteiger partial charge in [0.2, 0.25) is 0 Å². The molecule has 1 aliphatic heterocycles. The van der Waals surface area contributed by atoms with Crippen molar-refractivity contribution in [1.82, 2.24) is 5.32 Å². The summed E-state index contributed by atoms with van der Waals surface area (Å²) in [5.41, 5.74) is 1.23. The van der Waals surface area contributed by atoms with Crippen molar-refractivity contribution in [3.05, 3.63) is 35.6 Å². The molecule has 0 aliphatic carbocycles. The summed E-state index contributed by atoms with van der Waals surface area (Å²) < 4.78 is 12.9. The summed E-state index contributed by atoms with van der Waals surface area (Å²) in [7, 11) is 0. The van der Waals surface area contributed by atoms with Gasteiger partial charge >= 0.3 is 0 Å². The van der Waals surface area contributed by atoms with E-state index in [-0.39, 0.29) is 5.82 Å². The van der Waals surface area contributed by atoms with Crippen molar-refractivity contribution in [2.24, 2.45) is 5.92 Å². The van der Waals surface area contributed by atoms with E-state index in [0.29, 0.717) is 6.04 Å². The van der Waals surface area contributed by atoms with Crippen LogP contribution in [0.5, 0.6) is 0 Å². The average molecular weight is 253 g/mol. The van der Waals surface area contributed by atoms with E-state index in [1.165, 1.54) is 23.5 Å². The van der Waals surface area contributed by atoms with E-state index in [2.05, 4.69) is 12.2 Å². The number of nitrogens with one attached hydrogen (secondary N) is 1. The molecule has 0 spiro atoms. The first-order chi connectivity index (χ1) is 8.29. The van der Waals surface area contributed by atoms with Gasteiger partial charge < -0.3 is 5.32 Å². The molecule has 2 unspecified atom stereocenters. The molecule has 1 nitrogen and oxygen atoms in total. The smallest absolute Gasteiger partial charge is 0.123 e. The summed E-state index contributed by atoms with van der Waals surface area (Å²) in [6.45, 7) is 3.16. The third-order valence-corrected chi connectivity index (χ3v) is 4.56. The number of rotatable bonds is 5. The molecule has 0 aromatic heterocycles. The molecule has 1 N–H and O–H groups in total. The van der Waals surface area contributed by atoms with Gasteiger partial charge in [-0.25, -0.2) is 4.39 Å². The Hall–Kier alpha value is -0.540. The van der Waals surface area contributed by atoms with Gasteiger partial charge in [0.1, 0.15) is 5.82 Å². The van der Waals surface area contributed by atoms with Crippen LogP contribution < -0.4 is 5.32 Å². The van der Waals surface area contributed by atoms with Crippen molar-refractivity contribution < 1.29 is 4.39 Å². The molecular formula is C14H20FNS. The Morgan fingerprint density at radius 1 is 1.41 bits per heavy atom. The summed E-state index contributed by atoms with van der Waals surface area (Å²) in [4.78, 5) is 0. The Morgan fingerprint density at radius 2 is 2.18 bits per heavy atom. The van der Waals surface area contributed by atoms with Gasteiger partial charge in [0.05, 0.1) is 0 Å². The second kappa shape index (κ2) is 6.41. The molecule has 17 heavy (non-hydrogen) atoms. The van der Waals surface area contributed by atoms with E-state index in [0.717, 1.165) is 18.9 Å². The standard InChI is InChI=1S/C14H20FNS/c1-2-16-14(12-7-8-17-10-12)9-11-3-5-13(15)6-4-11/h3-6,12,14,16H,2,7-10H2,1H3. The van der Waals surface area contributed by atoms with Crippen LogP contribution in [0, 0.1) is 11.7 Å². The third-order valence-electron chi connectivity index (χ3n) is 3.37. The van der Waals surface area contributed by atoms with Gasteiger partial charge in [-0.1, -0.05) is 19.1 Å². The maximum atomic E-state index is 12.9. The molecule has 1 aliphatic rings. The van der Waals surface area contributed by atoms with Gasteiger partial charge in [-0.3, -0.25) is 0 Å². The van der Waals surface area contributed by atoms with Gasteiger partial charge in [0, 0.05) is 6.04 Å². The van der Waals surface area contributed by atoms with Crippen molar-refractivity contribution in [1.29, 1.82) is 0 Å².